The van der Waals surface area contributed by atoms with Crippen LogP contribution in [0.4, 0.5) is 5.69 Å². The summed E-state index contributed by atoms with van der Waals surface area (Å²) in [6, 6.07) is 12.8. The lowest BCUT2D eigenvalue weighted by atomic mass is 9.85. The van der Waals surface area contributed by atoms with Gasteiger partial charge in [0.2, 0.25) is 0 Å². The number of fused-ring (bicyclic) bond motifs is 1. The Bertz CT molecular complexity index is 1030. The topological polar surface area (TPSA) is 85.1 Å². The molecule has 3 aromatic rings. The third-order valence-corrected chi connectivity index (χ3v) is 6.55. The molecule has 4 rings (SSSR count). The molecule has 0 aliphatic heterocycles. The molecule has 164 valence electrons. The molecule has 2 aromatic carbocycles. The second kappa shape index (κ2) is 9.77. The maximum Gasteiger partial charge on any atom is 0.148 e. The van der Waals surface area contributed by atoms with Gasteiger partial charge in [-0.15, -0.1) is 10.2 Å². The van der Waals surface area contributed by atoms with Gasteiger partial charge in [-0.3, -0.25) is 0 Å². The van der Waals surface area contributed by atoms with E-state index in [1.54, 1.807) is 11.3 Å². The quantitative estimate of drug-likeness (QED) is 0.357. The summed E-state index contributed by atoms with van der Waals surface area (Å²) >= 11 is 1.61. The van der Waals surface area contributed by atoms with Crippen LogP contribution in [-0.4, -0.2) is 36.4 Å². The first-order valence-corrected chi connectivity index (χ1v) is 11.8. The molecule has 0 amide bonds. The zero-order chi connectivity index (χ0) is 21.8. The molecule has 0 radical (unpaired) electrons. The van der Waals surface area contributed by atoms with Crippen LogP contribution in [0.15, 0.2) is 36.4 Å². The van der Waals surface area contributed by atoms with Crippen molar-refractivity contribution in [2.24, 2.45) is 0 Å². The summed E-state index contributed by atoms with van der Waals surface area (Å²) < 4.78 is 5.75. The van der Waals surface area contributed by atoms with E-state index in [0.717, 1.165) is 35.1 Å². The molecule has 1 aromatic heterocycles. The van der Waals surface area contributed by atoms with Crippen LogP contribution in [0.3, 0.4) is 0 Å². The number of aromatic nitrogens is 2. The molecule has 4 N–H and O–H groups in total. The smallest absolute Gasteiger partial charge is 0.148 e. The predicted molar refractivity (Wildman–Crippen MR) is 129 cm³/mol. The zero-order valence-electron chi connectivity index (χ0n) is 18.4. The van der Waals surface area contributed by atoms with Crippen LogP contribution in [0, 0.1) is 0 Å². The maximum absolute atomic E-state index is 6.20. The Morgan fingerprint density at radius 3 is 2.77 bits per heavy atom. The number of rotatable bonds is 8. The minimum absolute atomic E-state index is 0.0853. The molecule has 0 bridgehead atoms. The van der Waals surface area contributed by atoms with Gasteiger partial charge in [0.25, 0.3) is 0 Å². The largest absolute Gasteiger partial charge is 0.489 e. The summed E-state index contributed by atoms with van der Waals surface area (Å²) in [7, 11) is 1.99. The van der Waals surface area contributed by atoms with E-state index in [9.17, 15) is 0 Å². The number of hydrogen-bond acceptors (Lipinski definition) is 7. The molecule has 0 fully saturated rings. The van der Waals surface area contributed by atoms with Gasteiger partial charge < -0.3 is 21.1 Å². The number of likely N-dealkylation sites (N-methyl/N-ethyl adjacent to an activating group) is 1. The van der Waals surface area contributed by atoms with E-state index in [2.05, 4.69) is 39.0 Å². The first-order valence-electron chi connectivity index (χ1n) is 11.0. The molecule has 1 heterocycles. The van der Waals surface area contributed by atoms with Crippen LogP contribution < -0.4 is 21.1 Å². The molecule has 31 heavy (non-hydrogen) atoms. The Balaban J connectivity index is 1.60. The summed E-state index contributed by atoms with van der Waals surface area (Å²) in [5.74, 6) is 0.706. The predicted octanol–water partition coefficient (Wildman–Crippen LogP) is 4.43. The van der Waals surface area contributed by atoms with Gasteiger partial charge in [-0.05, 0) is 69.5 Å². The van der Waals surface area contributed by atoms with Crippen LogP contribution in [-0.2, 0) is 6.42 Å². The number of hydrogen-bond donors (Lipinski definition) is 3. The zero-order valence-corrected chi connectivity index (χ0v) is 19.3. The number of nitrogens with one attached hydrogen (secondary N) is 2. The fourth-order valence-electron chi connectivity index (χ4n) is 4.12. The summed E-state index contributed by atoms with van der Waals surface area (Å²) in [6.07, 6.45) is 3.52. The minimum Gasteiger partial charge on any atom is -0.489 e. The maximum atomic E-state index is 6.20. The van der Waals surface area contributed by atoms with E-state index in [4.69, 9.17) is 10.5 Å². The van der Waals surface area contributed by atoms with E-state index < -0.39 is 0 Å². The van der Waals surface area contributed by atoms with Gasteiger partial charge in [-0.1, -0.05) is 29.5 Å². The average Bonchev–Trinajstić information content (AvgIpc) is 3.25. The second-order valence-electron chi connectivity index (χ2n) is 8.21. The van der Waals surface area contributed by atoms with Crippen LogP contribution in [0.25, 0.3) is 21.1 Å². The van der Waals surface area contributed by atoms with Crippen molar-refractivity contribution >= 4 is 17.0 Å². The third kappa shape index (κ3) is 4.89. The van der Waals surface area contributed by atoms with Crippen molar-refractivity contribution in [1.82, 2.24) is 20.8 Å². The number of benzene rings is 2. The highest BCUT2D eigenvalue weighted by molar-refractivity contribution is 7.17. The molecule has 1 atom stereocenters. The van der Waals surface area contributed by atoms with Crippen molar-refractivity contribution in [3.05, 3.63) is 47.5 Å². The van der Waals surface area contributed by atoms with Gasteiger partial charge >= 0.3 is 0 Å². The lowest BCUT2D eigenvalue weighted by molar-refractivity contribution is 0.244. The summed E-state index contributed by atoms with van der Waals surface area (Å²) in [5.41, 5.74) is 11.8. The standard InChI is InChI=1S/C24H31N5OS/c1-15(2)30-22-11-10-16(14-20(22)25)23-28-29-24(31-23)19-8-4-7-18-17(19)6-5-9-21(18)27-13-12-26-3/h4,7-8,10-11,14-15,21,26-27H,5-6,9,12-13,25H2,1-3H3/t21-/m1/s1. The molecule has 1 aliphatic rings. The van der Waals surface area contributed by atoms with Crippen LogP contribution in [0.5, 0.6) is 5.75 Å². The van der Waals surface area contributed by atoms with E-state index in [-0.39, 0.29) is 6.10 Å². The minimum atomic E-state index is 0.0853. The van der Waals surface area contributed by atoms with E-state index in [0.29, 0.717) is 17.5 Å². The second-order valence-corrected chi connectivity index (χ2v) is 9.18. The Morgan fingerprint density at radius 1 is 1.16 bits per heavy atom. The number of nitrogens with two attached hydrogens (primary N) is 1. The normalized spacial score (nSPS) is 15.8. The number of nitrogen functional groups attached to an aromatic ring is 1. The first kappa shape index (κ1) is 21.7. The Morgan fingerprint density at radius 2 is 2.00 bits per heavy atom. The third-order valence-electron chi connectivity index (χ3n) is 5.55. The molecule has 1 aliphatic carbocycles. The average molecular weight is 438 g/mol. The van der Waals surface area contributed by atoms with Gasteiger partial charge in [0.05, 0.1) is 11.8 Å². The molecule has 0 saturated heterocycles. The van der Waals surface area contributed by atoms with Gasteiger partial charge in [0.15, 0.2) is 0 Å². The summed E-state index contributed by atoms with van der Waals surface area (Å²) in [4.78, 5) is 0. The lowest BCUT2D eigenvalue weighted by Gasteiger charge is -2.28. The molecule has 0 saturated carbocycles. The Labute approximate surface area is 188 Å². The van der Waals surface area contributed by atoms with Crippen LogP contribution in [0.1, 0.15) is 43.9 Å². The molecule has 6 nitrogen and oxygen atoms in total. The Hall–Kier alpha value is -2.48. The van der Waals surface area contributed by atoms with Gasteiger partial charge in [0.1, 0.15) is 15.8 Å². The van der Waals surface area contributed by atoms with Crippen molar-refractivity contribution in [3.8, 4) is 26.9 Å². The number of ether oxygens (including phenoxy) is 1. The van der Waals surface area contributed by atoms with Gasteiger partial charge in [0, 0.05) is 30.3 Å². The first-order chi connectivity index (χ1) is 15.1. The van der Waals surface area contributed by atoms with E-state index in [1.807, 2.05) is 39.1 Å². The summed E-state index contributed by atoms with van der Waals surface area (Å²) in [6.45, 7) is 5.92. The van der Waals surface area contributed by atoms with Crippen LogP contribution in [0.2, 0.25) is 0 Å². The Kier molecular flexibility index (Phi) is 6.85. The van der Waals surface area contributed by atoms with Gasteiger partial charge in [-0.25, -0.2) is 0 Å². The number of nitrogens with zero attached hydrogens (tertiary/aromatic N) is 2. The molecule has 7 heteroatoms. The highest BCUT2D eigenvalue weighted by atomic mass is 32.1. The lowest BCUT2D eigenvalue weighted by Crippen LogP contribution is -2.31. The SMILES string of the molecule is CNCCN[C@@H]1CCCc2c(-c3nnc(-c4ccc(OC(C)C)c(N)c4)s3)cccc21. The van der Waals surface area contributed by atoms with E-state index >= 15 is 0 Å². The summed E-state index contributed by atoms with van der Waals surface area (Å²) in [5, 5.41) is 17.7. The van der Waals surface area contributed by atoms with Crippen molar-refractivity contribution in [1.29, 1.82) is 0 Å². The number of anilines is 1. The van der Waals surface area contributed by atoms with Crippen molar-refractivity contribution in [2.45, 2.75) is 45.3 Å². The monoisotopic (exact) mass is 437 g/mol. The fraction of sp³-hybridized carbons (Fsp3) is 0.417. The van der Waals surface area contributed by atoms with Crippen molar-refractivity contribution in [2.75, 3.05) is 25.9 Å². The molecule has 0 unspecified atom stereocenters. The highest BCUT2D eigenvalue weighted by Gasteiger charge is 2.23. The van der Waals surface area contributed by atoms with Crippen molar-refractivity contribution in [3.63, 3.8) is 0 Å². The molecule has 0 spiro atoms. The van der Waals surface area contributed by atoms with Gasteiger partial charge in [-0.2, -0.15) is 0 Å². The molecular formula is C24H31N5OS. The highest BCUT2D eigenvalue weighted by Crippen LogP contribution is 2.39. The van der Waals surface area contributed by atoms with Crippen molar-refractivity contribution < 1.29 is 4.74 Å². The van der Waals surface area contributed by atoms with Crippen LogP contribution >= 0.6 is 11.3 Å². The van der Waals surface area contributed by atoms with E-state index in [1.165, 1.54) is 29.5 Å². The molecular weight excluding hydrogens is 406 g/mol. The fourth-order valence-corrected chi connectivity index (χ4v) is 5.02.